The number of hydrogen-bond acceptors (Lipinski definition) is 8. The molecule has 3 aromatic rings. The van der Waals surface area contributed by atoms with Gasteiger partial charge in [-0.25, -0.2) is 4.98 Å². The third-order valence-corrected chi connectivity index (χ3v) is 8.92. The lowest BCUT2D eigenvalue weighted by Gasteiger charge is -2.46. The molecule has 0 unspecified atom stereocenters. The van der Waals surface area contributed by atoms with Crippen LogP contribution in [-0.4, -0.2) is 52.0 Å². The average molecular weight is 555 g/mol. The summed E-state index contributed by atoms with van der Waals surface area (Å²) in [5, 5.41) is 28.0. The molecule has 2 aliphatic heterocycles. The van der Waals surface area contributed by atoms with Gasteiger partial charge in [0, 0.05) is 49.6 Å². The highest BCUT2D eigenvalue weighted by molar-refractivity contribution is 6.03. The van der Waals surface area contributed by atoms with E-state index >= 15 is 0 Å². The van der Waals surface area contributed by atoms with E-state index in [-0.39, 0.29) is 22.2 Å². The van der Waals surface area contributed by atoms with Gasteiger partial charge >= 0.3 is 0 Å². The molecule has 4 heterocycles. The van der Waals surface area contributed by atoms with Gasteiger partial charge in [-0.2, -0.15) is 5.26 Å². The maximum Gasteiger partial charge on any atom is 0.274 e. The van der Waals surface area contributed by atoms with Crippen molar-refractivity contribution < 1.29 is 9.53 Å². The number of carbonyl (C=O) groups excluding carboxylic acids is 1. The Morgan fingerprint density at radius 3 is 2.73 bits per heavy atom. The highest BCUT2D eigenvalue weighted by Crippen LogP contribution is 2.53. The maximum absolute atomic E-state index is 13.6. The Hall–Kier alpha value is -3.81. The SMILES string of the molecule is Cn1cnnc1C1(c2cccc(NC(=O)c3cc(CNCC4(C)COC4)c4c(n3)C(C)(C)CN4)c2)CC(CC#N)C1. The van der Waals surface area contributed by atoms with E-state index < -0.39 is 0 Å². The highest BCUT2D eigenvalue weighted by atomic mass is 16.5. The van der Waals surface area contributed by atoms with Gasteiger partial charge in [0.2, 0.25) is 0 Å². The minimum Gasteiger partial charge on any atom is -0.382 e. The molecule has 41 heavy (non-hydrogen) atoms. The van der Waals surface area contributed by atoms with E-state index in [1.807, 2.05) is 35.9 Å². The fourth-order valence-electron chi connectivity index (χ4n) is 6.54. The smallest absolute Gasteiger partial charge is 0.274 e. The van der Waals surface area contributed by atoms with E-state index in [0.29, 0.717) is 30.3 Å². The zero-order valence-electron chi connectivity index (χ0n) is 24.3. The van der Waals surface area contributed by atoms with E-state index in [2.05, 4.69) is 59.1 Å². The predicted molar refractivity (Wildman–Crippen MR) is 156 cm³/mol. The van der Waals surface area contributed by atoms with E-state index in [0.717, 1.165) is 67.5 Å². The number of aryl methyl sites for hydroxylation is 1. The van der Waals surface area contributed by atoms with Crippen LogP contribution in [0.25, 0.3) is 0 Å². The summed E-state index contributed by atoms with van der Waals surface area (Å²) in [5.41, 5.74) is 4.81. The lowest BCUT2D eigenvalue weighted by molar-refractivity contribution is -0.0991. The second-order valence-corrected chi connectivity index (χ2v) is 13.1. The lowest BCUT2D eigenvalue weighted by Crippen LogP contribution is -2.47. The second kappa shape index (κ2) is 10.2. The van der Waals surface area contributed by atoms with Gasteiger partial charge in [-0.1, -0.05) is 32.9 Å². The van der Waals surface area contributed by atoms with Gasteiger partial charge in [-0.3, -0.25) is 4.79 Å². The second-order valence-electron chi connectivity index (χ2n) is 13.1. The number of amides is 1. The van der Waals surface area contributed by atoms with Gasteiger partial charge < -0.3 is 25.3 Å². The third-order valence-electron chi connectivity index (χ3n) is 8.92. The first-order valence-corrected chi connectivity index (χ1v) is 14.3. The number of hydrogen-bond donors (Lipinski definition) is 3. The highest BCUT2D eigenvalue weighted by Gasteiger charge is 2.49. The molecule has 3 N–H and O–H groups in total. The van der Waals surface area contributed by atoms with E-state index in [9.17, 15) is 10.1 Å². The first-order chi connectivity index (χ1) is 19.6. The molecule has 0 radical (unpaired) electrons. The van der Waals surface area contributed by atoms with Crippen LogP contribution in [0.4, 0.5) is 11.4 Å². The standard InChI is InChI=1S/C31H38N8O2/c1-29(2)15-34-25-21(14-33-16-30(3)17-41-18-30)10-24(37-26(25)29)27(40)36-23-7-5-6-22(11-23)31(12-20(13-31)8-9-32)28-38-35-19-39(28)4/h5-7,10-11,19-20,33-34H,8,12-18H2,1-4H3,(H,36,40). The summed E-state index contributed by atoms with van der Waals surface area (Å²) < 4.78 is 7.35. The quantitative estimate of drug-likeness (QED) is 0.363. The molecule has 1 saturated heterocycles. The normalized spacial score (nSPS) is 23.4. The summed E-state index contributed by atoms with van der Waals surface area (Å²) >= 11 is 0. The Balaban J connectivity index is 1.25. The molecule has 10 nitrogen and oxygen atoms in total. The van der Waals surface area contributed by atoms with Crippen molar-refractivity contribution in [2.45, 2.75) is 57.4 Å². The van der Waals surface area contributed by atoms with Crippen LogP contribution in [0, 0.1) is 22.7 Å². The number of benzene rings is 1. The van der Waals surface area contributed by atoms with Crippen LogP contribution in [0.1, 0.15) is 73.2 Å². The lowest BCUT2D eigenvalue weighted by atomic mass is 9.57. The van der Waals surface area contributed by atoms with Crippen molar-refractivity contribution >= 4 is 17.3 Å². The summed E-state index contributed by atoms with van der Waals surface area (Å²) in [6, 6.07) is 12.2. The number of pyridine rings is 1. The molecule has 1 saturated carbocycles. The summed E-state index contributed by atoms with van der Waals surface area (Å²) in [5.74, 6) is 0.954. The number of nitrogens with one attached hydrogen (secondary N) is 3. The Morgan fingerprint density at radius 1 is 1.24 bits per heavy atom. The molecule has 0 atom stereocenters. The van der Waals surface area contributed by atoms with Gasteiger partial charge in [-0.05, 0) is 48.1 Å². The topological polar surface area (TPSA) is 130 Å². The summed E-state index contributed by atoms with van der Waals surface area (Å²) in [7, 11) is 1.95. The van der Waals surface area contributed by atoms with Crippen LogP contribution in [0.2, 0.25) is 0 Å². The fourth-order valence-corrected chi connectivity index (χ4v) is 6.54. The molecule has 214 valence electrons. The van der Waals surface area contributed by atoms with Crippen molar-refractivity contribution in [2.75, 3.05) is 36.9 Å². The predicted octanol–water partition coefficient (Wildman–Crippen LogP) is 3.90. The summed E-state index contributed by atoms with van der Waals surface area (Å²) in [4.78, 5) is 18.5. The fraction of sp³-hybridized carbons (Fsp3) is 0.516. The molecule has 2 fully saturated rings. The molecule has 1 amide bonds. The summed E-state index contributed by atoms with van der Waals surface area (Å²) in [6.07, 6.45) is 3.87. The van der Waals surface area contributed by atoms with Crippen molar-refractivity contribution in [1.82, 2.24) is 25.1 Å². The minimum absolute atomic E-state index is 0.158. The van der Waals surface area contributed by atoms with Gasteiger partial charge in [0.05, 0.1) is 36.1 Å². The Labute approximate surface area is 240 Å². The van der Waals surface area contributed by atoms with Crippen molar-refractivity contribution in [3.05, 3.63) is 65.0 Å². The summed E-state index contributed by atoms with van der Waals surface area (Å²) in [6.45, 7) is 10.3. The minimum atomic E-state index is -0.337. The number of anilines is 2. The van der Waals surface area contributed by atoms with Gasteiger partial charge in [0.15, 0.2) is 0 Å². The average Bonchev–Trinajstić information content (AvgIpc) is 3.47. The number of nitrogens with zero attached hydrogens (tertiary/aromatic N) is 5. The molecule has 10 heteroatoms. The van der Waals surface area contributed by atoms with Crippen LogP contribution in [0.5, 0.6) is 0 Å². The molecule has 1 aromatic carbocycles. The van der Waals surface area contributed by atoms with E-state index in [4.69, 9.17) is 9.72 Å². The zero-order chi connectivity index (χ0) is 28.8. The zero-order valence-corrected chi connectivity index (χ0v) is 24.3. The largest absolute Gasteiger partial charge is 0.382 e. The molecule has 6 rings (SSSR count). The number of fused-ring (bicyclic) bond motifs is 1. The van der Waals surface area contributed by atoms with Crippen LogP contribution < -0.4 is 16.0 Å². The number of nitriles is 1. The third kappa shape index (κ3) is 4.98. The molecular formula is C31H38N8O2. The Morgan fingerprint density at radius 2 is 2.05 bits per heavy atom. The van der Waals surface area contributed by atoms with Crippen LogP contribution >= 0.6 is 0 Å². The van der Waals surface area contributed by atoms with Crippen molar-refractivity contribution in [3.63, 3.8) is 0 Å². The number of rotatable bonds is 9. The monoisotopic (exact) mass is 554 g/mol. The van der Waals surface area contributed by atoms with Crippen LogP contribution in [0.3, 0.4) is 0 Å². The molecule has 2 aromatic heterocycles. The van der Waals surface area contributed by atoms with Gasteiger partial charge in [0.1, 0.15) is 17.8 Å². The molecule has 3 aliphatic rings. The Bertz CT molecular complexity index is 1510. The molecular weight excluding hydrogens is 516 g/mol. The van der Waals surface area contributed by atoms with E-state index in [1.165, 1.54) is 0 Å². The molecule has 0 bridgehead atoms. The van der Waals surface area contributed by atoms with Crippen LogP contribution in [-0.2, 0) is 29.2 Å². The first kappa shape index (κ1) is 27.4. The number of carbonyl (C=O) groups is 1. The van der Waals surface area contributed by atoms with Crippen molar-refractivity contribution in [2.24, 2.45) is 18.4 Å². The first-order valence-electron chi connectivity index (χ1n) is 14.3. The van der Waals surface area contributed by atoms with E-state index in [1.54, 1.807) is 6.33 Å². The van der Waals surface area contributed by atoms with Crippen LogP contribution in [0.15, 0.2) is 36.7 Å². The van der Waals surface area contributed by atoms with Crippen molar-refractivity contribution in [3.8, 4) is 6.07 Å². The van der Waals surface area contributed by atoms with Gasteiger partial charge in [-0.15, -0.1) is 10.2 Å². The van der Waals surface area contributed by atoms with Crippen molar-refractivity contribution in [1.29, 1.82) is 5.26 Å². The van der Waals surface area contributed by atoms with Gasteiger partial charge in [0.25, 0.3) is 5.91 Å². The maximum atomic E-state index is 13.6. The molecule has 1 aliphatic carbocycles. The molecule has 0 spiro atoms. The number of aromatic nitrogens is 4. The Kier molecular flexibility index (Phi) is 6.83. The number of ether oxygens (including phenoxy) is 1.